The number of thiophene rings is 1. The topological polar surface area (TPSA) is 0 Å². The Morgan fingerprint density at radius 1 is 0.237 bits per heavy atom. The lowest BCUT2D eigenvalue weighted by Gasteiger charge is -2.19. The highest BCUT2D eigenvalue weighted by Crippen LogP contribution is 2.48. The maximum Gasteiger partial charge on any atom is 0.0440 e. The van der Waals surface area contributed by atoms with Crippen LogP contribution in [0.25, 0.3) is 129 Å². The van der Waals surface area contributed by atoms with Gasteiger partial charge in [-0.2, -0.15) is 0 Å². The molecule has 0 aliphatic carbocycles. The monoisotopic (exact) mass is 762 g/mol. The maximum absolute atomic E-state index is 2.39. The minimum absolute atomic E-state index is 1.23. The summed E-state index contributed by atoms with van der Waals surface area (Å²) >= 11 is 1.94. The predicted molar refractivity (Wildman–Crippen MR) is 258 cm³/mol. The first kappa shape index (κ1) is 32.7. The first-order valence-electron chi connectivity index (χ1n) is 20.4. The average Bonchev–Trinajstić information content (AvgIpc) is 3.71. The summed E-state index contributed by atoms with van der Waals surface area (Å²) < 4.78 is 2.74. The van der Waals surface area contributed by atoms with E-state index in [1.807, 2.05) is 11.3 Å². The van der Waals surface area contributed by atoms with E-state index >= 15 is 0 Å². The largest absolute Gasteiger partial charge is 0.134 e. The summed E-state index contributed by atoms with van der Waals surface area (Å²) in [4.78, 5) is 0. The lowest BCUT2D eigenvalue weighted by atomic mass is 9.84. The van der Waals surface area contributed by atoms with Crippen molar-refractivity contribution in [3.63, 3.8) is 0 Å². The summed E-state index contributed by atoms with van der Waals surface area (Å²) in [5, 5.41) is 20.8. The second-order valence-corrected chi connectivity index (χ2v) is 16.9. The molecule has 0 fully saturated rings. The number of hydrogen-bond donors (Lipinski definition) is 0. The smallest absolute Gasteiger partial charge is 0.0440 e. The van der Waals surface area contributed by atoms with Gasteiger partial charge in [0.2, 0.25) is 0 Å². The van der Waals surface area contributed by atoms with Crippen molar-refractivity contribution in [1.29, 1.82) is 0 Å². The molecule has 59 heavy (non-hydrogen) atoms. The van der Waals surface area contributed by atoms with Crippen LogP contribution < -0.4 is 0 Å². The van der Waals surface area contributed by atoms with Gasteiger partial charge in [-0.1, -0.05) is 188 Å². The Morgan fingerprint density at radius 2 is 0.712 bits per heavy atom. The van der Waals surface area contributed by atoms with Crippen LogP contribution in [-0.2, 0) is 0 Å². The minimum atomic E-state index is 1.23. The highest BCUT2D eigenvalue weighted by Gasteiger charge is 2.19. The molecule has 0 saturated heterocycles. The number of fused-ring (bicyclic) bond motifs is 14. The Kier molecular flexibility index (Phi) is 6.98. The molecule has 0 aliphatic rings. The van der Waals surface area contributed by atoms with Crippen LogP contribution in [-0.4, -0.2) is 0 Å². The molecule has 0 spiro atoms. The van der Waals surface area contributed by atoms with E-state index in [0.29, 0.717) is 0 Å². The van der Waals surface area contributed by atoms with Gasteiger partial charge in [0.1, 0.15) is 0 Å². The first-order valence-corrected chi connectivity index (χ1v) is 21.2. The lowest BCUT2D eigenvalue weighted by Crippen LogP contribution is -1.91. The second kappa shape index (κ2) is 12.6. The van der Waals surface area contributed by atoms with Crippen LogP contribution in [0.3, 0.4) is 0 Å². The zero-order chi connectivity index (χ0) is 38.6. The van der Waals surface area contributed by atoms with Crippen LogP contribution in [0.15, 0.2) is 206 Å². The molecule has 0 bridgehead atoms. The molecule has 12 aromatic carbocycles. The van der Waals surface area contributed by atoms with E-state index in [9.17, 15) is 0 Å². The third-order valence-corrected chi connectivity index (χ3v) is 14.1. The molecular formula is C58H34S. The molecule has 0 radical (unpaired) electrons. The highest BCUT2D eigenvalue weighted by molar-refractivity contribution is 7.27. The fourth-order valence-electron chi connectivity index (χ4n) is 10.1. The van der Waals surface area contributed by atoms with Gasteiger partial charge in [0.25, 0.3) is 0 Å². The van der Waals surface area contributed by atoms with Crippen molar-refractivity contribution in [2.45, 2.75) is 0 Å². The lowest BCUT2D eigenvalue weighted by molar-refractivity contribution is 1.67. The standard InChI is InChI=1S/C58H34S/c1-2-14-42-35(12-1)13-11-23-46(42)55-50-20-8-6-18-48(50)54(49-19-7-9-21-51(49)55)41-27-26-37-32-36(24-25-38(37)34-41)39-28-30-43-40(33-39)29-31-53-56-47-17-5-3-15-44(47)45-16-4-10-22-52(45)58(56)59-57(43)53/h1-34H. The van der Waals surface area contributed by atoms with E-state index in [1.54, 1.807) is 0 Å². The molecule has 13 rings (SSSR count). The van der Waals surface area contributed by atoms with E-state index in [-0.39, 0.29) is 0 Å². The van der Waals surface area contributed by atoms with Gasteiger partial charge in [-0.15, -0.1) is 11.3 Å². The summed E-state index contributed by atoms with van der Waals surface area (Å²) in [5.74, 6) is 0. The van der Waals surface area contributed by atoms with Crippen molar-refractivity contribution < 1.29 is 0 Å². The molecule has 0 N–H and O–H groups in total. The molecule has 0 aliphatic heterocycles. The van der Waals surface area contributed by atoms with Gasteiger partial charge >= 0.3 is 0 Å². The van der Waals surface area contributed by atoms with Crippen molar-refractivity contribution in [3.05, 3.63) is 206 Å². The number of rotatable bonds is 3. The van der Waals surface area contributed by atoms with Crippen LogP contribution in [0.5, 0.6) is 0 Å². The molecule has 272 valence electrons. The van der Waals surface area contributed by atoms with Crippen molar-refractivity contribution >= 4 is 107 Å². The summed E-state index contributed by atoms with van der Waals surface area (Å²) in [6, 6.07) is 76.8. The summed E-state index contributed by atoms with van der Waals surface area (Å²) in [5.41, 5.74) is 7.57. The third-order valence-electron chi connectivity index (χ3n) is 12.8. The third kappa shape index (κ3) is 4.83. The molecular weight excluding hydrogens is 729 g/mol. The summed E-state index contributed by atoms with van der Waals surface area (Å²) in [6.07, 6.45) is 0. The molecule has 13 aromatic rings. The van der Waals surface area contributed by atoms with Crippen LogP contribution in [0.4, 0.5) is 0 Å². The van der Waals surface area contributed by atoms with Crippen molar-refractivity contribution in [2.24, 2.45) is 0 Å². The van der Waals surface area contributed by atoms with Crippen molar-refractivity contribution in [1.82, 2.24) is 0 Å². The molecule has 0 unspecified atom stereocenters. The van der Waals surface area contributed by atoms with Crippen molar-refractivity contribution in [3.8, 4) is 33.4 Å². The predicted octanol–water partition coefficient (Wildman–Crippen LogP) is 17.1. The van der Waals surface area contributed by atoms with Gasteiger partial charge in [-0.3, -0.25) is 0 Å². The zero-order valence-electron chi connectivity index (χ0n) is 32.0. The van der Waals surface area contributed by atoms with Gasteiger partial charge in [-0.25, -0.2) is 0 Å². The Labute approximate surface area is 344 Å². The van der Waals surface area contributed by atoms with E-state index in [2.05, 4.69) is 206 Å². The summed E-state index contributed by atoms with van der Waals surface area (Å²) in [7, 11) is 0. The van der Waals surface area contributed by atoms with Crippen molar-refractivity contribution in [2.75, 3.05) is 0 Å². The van der Waals surface area contributed by atoms with Gasteiger partial charge in [-0.05, 0) is 122 Å². The van der Waals surface area contributed by atoms with Gasteiger partial charge < -0.3 is 0 Å². The van der Waals surface area contributed by atoms with E-state index in [4.69, 9.17) is 0 Å². The van der Waals surface area contributed by atoms with E-state index < -0.39 is 0 Å². The molecule has 1 heteroatoms. The Morgan fingerprint density at radius 3 is 1.42 bits per heavy atom. The molecule has 0 nitrogen and oxygen atoms in total. The Balaban J connectivity index is 0.937. The number of hydrogen-bond acceptors (Lipinski definition) is 1. The summed E-state index contributed by atoms with van der Waals surface area (Å²) in [6.45, 7) is 0. The fraction of sp³-hybridized carbons (Fsp3) is 0. The molecule has 0 saturated carbocycles. The molecule has 1 aromatic heterocycles. The molecule has 0 amide bonds. The van der Waals surface area contributed by atoms with Gasteiger partial charge in [0.15, 0.2) is 0 Å². The van der Waals surface area contributed by atoms with Gasteiger partial charge in [0, 0.05) is 25.6 Å². The van der Waals surface area contributed by atoms with E-state index in [0.717, 1.165) is 0 Å². The van der Waals surface area contributed by atoms with E-state index in [1.165, 1.54) is 129 Å². The minimum Gasteiger partial charge on any atom is -0.134 e. The van der Waals surface area contributed by atoms with Crippen LogP contribution >= 0.6 is 11.3 Å². The van der Waals surface area contributed by atoms with Crippen LogP contribution in [0.2, 0.25) is 0 Å². The molecule has 1 heterocycles. The zero-order valence-corrected chi connectivity index (χ0v) is 32.9. The Hall–Kier alpha value is -7.32. The highest BCUT2D eigenvalue weighted by atomic mass is 32.1. The SMILES string of the molecule is c1ccc2c(-c3c4ccccc4c(-c4ccc5cc(-c6ccc7c(ccc8c7sc7c9ccccc9c9ccccc9c87)c6)ccc5c4)c4ccccc34)cccc2c1. The normalized spacial score (nSPS) is 12.1. The van der Waals surface area contributed by atoms with Gasteiger partial charge in [0.05, 0.1) is 0 Å². The maximum atomic E-state index is 2.39. The fourth-order valence-corrected chi connectivity index (χ4v) is 11.5. The average molecular weight is 763 g/mol. The van der Waals surface area contributed by atoms with Crippen LogP contribution in [0, 0.1) is 0 Å². The molecule has 0 atom stereocenters. The second-order valence-electron chi connectivity index (χ2n) is 15.9. The van der Waals surface area contributed by atoms with Crippen LogP contribution in [0.1, 0.15) is 0 Å². The Bertz CT molecular complexity index is 3840. The first-order chi connectivity index (χ1) is 29.3. The number of benzene rings is 12. The quantitative estimate of drug-likeness (QED) is 0.124.